The molecule has 4 heteroatoms. The molecule has 0 radical (unpaired) electrons. The smallest absolute Gasteiger partial charge is 0.185 e. The summed E-state index contributed by atoms with van der Waals surface area (Å²) in [6.45, 7) is 7.92. The van der Waals surface area contributed by atoms with Gasteiger partial charge in [-0.2, -0.15) is 5.26 Å². The molecule has 0 bridgehead atoms. The first-order valence-corrected chi connectivity index (χ1v) is 8.59. The summed E-state index contributed by atoms with van der Waals surface area (Å²) in [6, 6.07) is 2.29. The lowest BCUT2D eigenvalue weighted by Gasteiger charge is -2.30. The number of rotatable bonds is 3. The molecule has 0 N–H and O–H groups in total. The quantitative estimate of drug-likeness (QED) is 0.675. The highest BCUT2D eigenvalue weighted by molar-refractivity contribution is 6.69. The molecular formula is C10H19NO2Si. The second-order valence-electron chi connectivity index (χ2n) is 4.73. The van der Waals surface area contributed by atoms with E-state index in [-0.39, 0.29) is 6.10 Å². The Morgan fingerprint density at radius 3 is 2.36 bits per heavy atom. The third-order valence-electron chi connectivity index (χ3n) is 2.30. The van der Waals surface area contributed by atoms with Crippen LogP contribution in [0.5, 0.6) is 0 Å². The van der Waals surface area contributed by atoms with E-state index in [0.717, 1.165) is 26.1 Å². The van der Waals surface area contributed by atoms with Gasteiger partial charge in [0.15, 0.2) is 8.32 Å². The van der Waals surface area contributed by atoms with Crippen LogP contribution in [-0.4, -0.2) is 27.6 Å². The molecule has 0 aromatic rings. The minimum atomic E-state index is -1.59. The Kier molecular flexibility index (Phi) is 4.11. The fourth-order valence-electron chi connectivity index (χ4n) is 1.63. The lowest BCUT2D eigenvalue weighted by atomic mass is 9.95. The Morgan fingerprint density at radius 1 is 1.36 bits per heavy atom. The van der Waals surface area contributed by atoms with Crippen molar-refractivity contribution in [2.75, 3.05) is 13.2 Å². The highest BCUT2D eigenvalue weighted by Gasteiger charge is 2.29. The summed E-state index contributed by atoms with van der Waals surface area (Å²) < 4.78 is 11.1. The van der Waals surface area contributed by atoms with E-state index in [1.54, 1.807) is 0 Å². The van der Waals surface area contributed by atoms with Gasteiger partial charge in [-0.05, 0) is 32.5 Å². The molecule has 1 rings (SSSR count). The lowest BCUT2D eigenvalue weighted by Crippen LogP contribution is -2.37. The van der Waals surface area contributed by atoms with Crippen LogP contribution in [0.2, 0.25) is 19.6 Å². The van der Waals surface area contributed by atoms with Crippen LogP contribution in [0.1, 0.15) is 12.8 Å². The summed E-state index contributed by atoms with van der Waals surface area (Å²) in [5.74, 6) is 0.375. The van der Waals surface area contributed by atoms with Crippen LogP contribution in [0, 0.1) is 17.2 Å². The highest BCUT2D eigenvalue weighted by atomic mass is 28.4. The van der Waals surface area contributed by atoms with Gasteiger partial charge < -0.3 is 9.16 Å². The van der Waals surface area contributed by atoms with Crippen molar-refractivity contribution < 1.29 is 9.16 Å². The van der Waals surface area contributed by atoms with Crippen molar-refractivity contribution in [3.63, 3.8) is 0 Å². The van der Waals surface area contributed by atoms with Crippen LogP contribution in [0.3, 0.4) is 0 Å². The average molecular weight is 213 g/mol. The standard InChI is InChI=1S/C10H19NO2Si/c1-14(2,3)13-10(8-11)9-4-6-12-7-5-9/h9-10H,4-7H2,1-3H3. The summed E-state index contributed by atoms with van der Waals surface area (Å²) >= 11 is 0. The fraction of sp³-hybridized carbons (Fsp3) is 0.900. The lowest BCUT2D eigenvalue weighted by molar-refractivity contribution is 0.0320. The van der Waals surface area contributed by atoms with E-state index >= 15 is 0 Å². The van der Waals surface area contributed by atoms with Gasteiger partial charge in [-0.15, -0.1) is 0 Å². The van der Waals surface area contributed by atoms with Gasteiger partial charge >= 0.3 is 0 Å². The van der Waals surface area contributed by atoms with Gasteiger partial charge in [-0.3, -0.25) is 0 Å². The summed E-state index contributed by atoms with van der Waals surface area (Å²) in [5.41, 5.74) is 0. The normalized spacial score (nSPS) is 21.6. The minimum absolute atomic E-state index is 0.217. The molecule has 0 aromatic heterocycles. The molecule has 1 aliphatic heterocycles. The summed E-state index contributed by atoms with van der Waals surface area (Å²) in [5, 5.41) is 9.05. The van der Waals surface area contributed by atoms with Gasteiger partial charge in [0.1, 0.15) is 6.10 Å². The molecule has 14 heavy (non-hydrogen) atoms. The fourth-order valence-corrected chi connectivity index (χ4v) is 2.63. The van der Waals surface area contributed by atoms with E-state index in [4.69, 9.17) is 14.4 Å². The third-order valence-corrected chi connectivity index (χ3v) is 3.26. The molecular weight excluding hydrogens is 194 g/mol. The van der Waals surface area contributed by atoms with Crippen LogP contribution >= 0.6 is 0 Å². The van der Waals surface area contributed by atoms with Crippen molar-refractivity contribution >= 4 is 8.32 Å². The van der Waals surface area contributed by atoms with Gasteiger partial charge in [-0.25, -0.2) is 0 Å². The SMILES string of the molecule is C[Si](C)(C)OC(C#N)C1CCOCC1. The number of hydrogen-bond acceptors (Lipinski definition) is 3. The van der Waals surface area contributed by atoms with Crippen molar-refractivity contribution in [1.29, 1.82) is 5.26 Å². The zero-order chi connectivity index (χ0) is 10.6. The van der Waals surface area contributed by atoms with Gasteiger partial charge in [-0.1, -0.05) is 0 Å². The first-order valence-electron chi connectivity index (χ1n) is 5.18. The molecule has 1 heterocycles. The number of nitrogens with zero attached hydrogens (tertiary/aromatic N) is 1. The number of nitriles is 1. The van der Waals surface area contributed by atoms with E-state index in [2.05, 4.69) is 25.7 Å². The average Bonchev–Trinajstić information content (AvgIpc) is 2.14. The van der Waals surface area contributed by atoms with Crippen molar-refractivity contribution in [3.8, 4) is 6.07 Å². The third kappa shape index (κ3) is 3.78. The molecule has 0 aromatic carbocycles. The molecule has 3 nitrogen and oxygen atoms in total. The van der Waals surface area contributed by atoms with E-state index in [0.29, 0.717) is 5.92 Å². The molecule has 0 saturated carbocycles. The van der Waals surface area contributed by atoms with Crippen molar-refractivity contribution in [2.24, 2.45) is 5.92 Å². The molecule has 0 amide bonds. The molecule has 1 unspecified atom stereocenters. The second-order valence-corrected chi connectivity index (χ2v) is 9.19. The Labute approximate surface area is 87.1 Å². The summed E-state index contributed by atoms with van der Waals surface area (Å²) in [7, 11) is -1.59. The topological polar surface area (TPSA) is 42.2 Å². The molecule has 1 aliphatic rings. The predicted molar refractivity (Wildman–Crippen MR) is 57.4 cm³/mol. The van der Waals surface area contributed by atoms with Crippen LogP contribution in [0.25, 0.3) is 0 Å². The summed E-state index contributed by atoms with van der Waals surface area (Å²) in [6.07, 6.45) is 1.70. The van der Waals surface area contributed by atoms with Gasteiger partial charge in [0.25, 0.3) is 0 Å². The van der Waals surface area contributed by atoms with Crippen molar-refractivity contribution in [2.45, 2.75) is 38.6 Å². The van der Waals surface area contributed by atoms with Crippen LogP contribution in [0.4, 0.5) is 0 Å². The van der Waals surface area contributed by atoms with Crippen LogP contribution in [0.15, 0.2) is 0 Å². The molecule has 0 aliphatic carbocycles. The maximum atomic E-state index is 9.05. The van der Waals surface area contributed by atoms with E-state index in [1.807, 2.05) is 0 Å². The van der Waals surface area contributed by atoms with Crippen LogP contribution in [-0.2, 0) is 9.16 Å². The van der Waals surface area contributed by atoms with E-state index in [1.165, 1.54) is 0 Å². The van der Waals surface area contributed by atoms with Gasteiger partial charge in [0.2, 0.25) is 0 Å². The summed E-state index contributed by atoms with van der Waals surface area (Å²) in [4.78, 5) is 0. The Hall–Kier alpha value is -0.373. The van der Waals surface area contributed by atoms with Gasteiger partial charge in [0.05, 0.1) is 6.07 Å². The maximum Gasteiger partial charge on any atom is 0.185 e. The monoisotopic (exact) mass is 213 g/mol. The van der Waals surface area contributed by atoms with Crippen LogP contribution < -0.4 is 0 Å². The van der Waals surface area contributed by atoms with E-state index < -0.39 is 8.32 Å². The largest absolute Gasteiger partial charge is 0.402 e. The zero-order valence-corrected chi connectivity index (χ0v) is 10.2. The Morgan fingerprint density at radius 2 is 1.93 bits per heavy atom. The second kappa shape index (κ2) is 4.92. The first kappa shape index (κ1) is 11.7. The molecule has 80 valence electrons. The zero-order valence-electron chi connectivity index (χ0n) is 9.25. The van der Waals surface area contributed by atoms with E-state index in [9.17, 15) is 0 Å². The Bertz CT molecular complexity index is 213. The molecule has 1 atom stereocenters. The molecule has 0 spiro atoms. The highest BCUT2D eigenvalue weighted by Crippen LogP contribution is 2.23. The molecule has 1 saturated heterocycles. The number of hydrogen-bond donors (Lipinski definition) is 0. The van der Waals surface area contributed by atoms with Gasteiger partial charge in [0, 0.05) is 19.1 Å². The van der Waals surface area contributed by atoms with Crippen molar-refractivity contribution in [1.82, 2.24) is 0 Å². The first-order chi connectivity index (χ1) is 6.53. The number of ether oxygens (including phenoxy) is 1. The van der Waals surface area contributed by atoms with Crippen molar-refractivity contribution in [3.05, 3.63) is 0 Å². The molecule has 1 fully saturated rings. The Balaban J connectivity index is 2.49. The minimum Gasteiger partial charge on any atom is -0.402 e. The maximum absolute atomic E-state index is 9.05. The predicted octanol–water partition coefficient (Wildman–Crippen LogP) is 2.16.